The van der Waals surface area contributed by atoms with Gasteiger partial charge in [0.25, 0.3) is 0 Å². The molecule has 0 aliphatic rings. The quantitative estimate of drug-likeness (QED) is 0.781. The second-order valence-electron chi connectivity index (χ2n) is 7.42. The molecule has 1 aromatic carbocycles. The molecular weight excluding hydrogens is 302 g/mol. The van der Waals surface area contributed by atoms with Crippen molar-refractivity contribution < 1.29 is 9.59 Å². The average molecular weight is 333 g/mol. The van der Waals surface area contributed by atoms with Gasteiger partial charge in [-0.2, -0.15) is 0 Å². The highest BCUT2D eigenvalue weighted by Crippen LogP contribution is 2.14. The number of benzene rings is 1. The topological polar surface area (TPSA) is 52.6 Å². The molecule has 1 aromatic rings. The van der Waals surface area contributed by atoms with E-state index in [2.05, 4.69) is 17.4 Å². The summed E-state index contributed by atoms with van der Waals surface area (Å²) in [6, 6.07) is 8.19. The number of hydrogen-bond donors (Lipinski definition) is 1. The Morgan fingerprint density at radius 3 is 2.12 bits per heavy atom. The van der Waals surface area contributed by atoms with Gasteiger partial charge in [-0.25, -0.2) is 0 Å². The van der Waals surface area contributed by atoms with Crippen molar-refractivity contribution in [2.24, 2.45) is 5.41 Å². The number of anilines is 1. The van der Waals surface area contributed by atoms with E-state index in [1.165, 1.54) is 0 Å². The highest BCUT2D eigenvalue weighted by molar-refractivity contribution is 5.81. The molecule has 0 bridgehead atoms. The van der Waals surface area contributed by atoms with Crippen molar-refractivity contribution in [3.63, 3.8) is 0 Å². The van der Waals surface area contributed by atoms with Gasteiger partial charge in [0.1, 0.15) is 0 Å². The predicted octanol–water partition coefficient (Wildman–Crippen LogP) is 2.65. The van der Waals surface area contributed by atoms with Crippen LogP contribution < -0.4 is 10.2 Å². The SMILES string of the molecule is CN(Cc1ccc(N(C)C)cc1)C(=O)CCCNC(=O)C(C)(C)C. The monoisotopic (exact) mass is 333 g/mol. The molecule has 5 heteroatoms. The summed E-state index contributed by atoms with van der Waals surface area (Å²) in [7, 11) is 5.82. The highest BCUT2D eigenvalue weighted by Gasteiger charge is 2.20. The maximum absolute atomic E-state index is 12.2. The minimum absolute atomic E-state index is 0.0179. The molecule has 0 heterocycles. The zero-order chi connectivity index (χ0) is 18.3. The largest absolute Gasteiger partial charge is 0.378 e. The Morgan fingerprint density at radius 1 is 1.04 bits per heavy atom. The third kappa shape index (κ3) is 6.60. The summed E-state index contributed by atoms with van der Waals surface area (Å²) in [5.41, 5.74) is 1.86. The summed E-state index contributed by atoms with van der Waals surface area (Å²) in [4.78, 5) is 27.7. The van der Waals surface area contributed by atoms with Gasteiger partial charge >= 0.3 is 0 Å². The zero-order valence-electron chi connectivity index (χ0n) is 15.8. The lowest BCUT2D eigenvalue weighted by Crippen LogP contribution is -2.35. The predicted molar refractivity (Wildman–Crippen MR) is 98.9 cm³/mol. The summed E-state index contributed by atoms with van der Waals surface area (Å²) in [5.74, 6) is 0.112. The fraction of sp³-hybridized carbons (Fsp3) is 0.579. The summed E-state index contributed by atoms with van der Waals surface area (Å²) in [6.07, 6.45) is 1.10. The normalized spacial score (nSPS) is 11.1. The van der Waals surface area contributed by atoms with Gasteiger partial charge in [-0.1, -0.05) is 32.9 Å². The lowest BCUT2D eigenvalue weighted by atomic mass is 9.96. The highest BCUT2D eigenvalue weighted by atomic mass is 16.2. The number of nitrogens with one attached hydrogen (secondary N) is 1. The lowest BCUT2D eigenvalue weighted by molar-refractivity contribution is -0.131. The molecule has 24 heavy (non-hydrogen) atoms. The van der Waals surface area contributed by atoms with Crippen LogP contribution in [0.2, 0.25) is 0 Å². The van der Waals surface area contributed by atoms with Gasteiger partial charge in [0.15, 0.2) is 0 Å². The maximum Gasteiger partial charge on any atom is 0.225 e. The van der Waals surface area contributed by atoms with Crippen molar-refractivity contribution in [1.29, 1.82) is 0 Å². The van der Waals surface area contributed by atoms with Crippen molar-refractivity contribution in [3.8, 4) is 0 Å². The van der Waals surface area contributed by atoms with Crippen molar-refractivity contribution in [1.82, 2.24) is 10.2 Å². The van der Waals surface area contributed by atoms with Crippen LogP contribution in [0, 0.1) is 5.41 Å². The van der Waals surface area contributed by atoms with Gasteiger partial charge < -0.3 is 15.1 Å². The molecule has 0 unspecified atom stereocenters. The van der Waals surface area contributed by atoms with E-state index in [0.717, 1.165) is 11.3 Å². The van der Waals surface area contributed by atoms with Crippen LogP contribution in [0.1, 0.15) is 39.2 Å². The number of rotatable bonds is 7. The van der Waals surface area contributed by atoms with Crippen LogP contribution in [0.15, 0.2) is 24.3 Å². The number of amides is 2. The average Bonchev–Trinajstić information content (AvgIpc) is 2.50. The first-order chi connectivity index (χ1) is 11.1. The van der Waals surface area contributed by atoms with Crippen LogP contribution >= 0.6 is 0 Å². The molecule has 0 saturated heterocycles. The Hall–Kier alpha value is -2.04. The molecule has 0 spiro atoms. The third-order valence-electron chi connectivity index (χ3n) is 3.83. The summed E-state index contributed by atoms with van der Waals surface area (Å²) >= 11 is 0. The van der Waals surface area contributed by atoms with Gasteiger partial charge in [0, 0.05) is 51.8 Å². The second-order valence-corrected chi connectivity index (χ2v) is 7.42. The van der Waals surface area contributed by atoms with E-state index in [4.69, 9.17) is 0 Å². The van der Waals surface area contributed by atoms with Crippen LogP contribution in [-0.4, -0.2) is 44.4 Å². The minimum Gasteiger partial charge on any atom is -0.378 e. The molecule has 0 aliphatic heterocycles. The molecular formula is C19H31N3O2. The van der Waals surface area contributed by atoms with Crippen molar-refractivity contribution >= 4 is 17.5 Å². The molecule has 0 atom stereocenters. The van der Waals surface area contributed by atoms with Crippen LogP contribution in [0.4, 0.5) is 5.69 Å². The first kappa shape index (κ1) is 20.0. The first-order valence-corrected chi connectivity index (χ1v) is 8.40. The Morgan fingerprint density at radius 2 is 1.62 bits per heavy atom. The molecule has 0 aromatic heterocycles. The van der Waals surface area contributed by atoms with Crippen LogP contribution in [0.3, 0.4) is 0 Å². The minimum atomic E-state index is -0.389. The Bertz CT molecular complexity index is 545. The number of hydrogen-bond acceptors (Lipinski definition) is 3. The fourth-order valence-electron chi connectivity index (χ4n) is 2.16. The summed E-state index contributed by atoms with van der Waals surface area (Å²) in [5, 5.41) is 2.87. The van der Waals surface area contributed by atoms with Gasteiger partial charge in [-0.3, -0.25) is 9.59 Å². The van der Waals surface area contributed by atoms with Gasteiger partial charge in [0.05, 0.1) is 0 Å². The van der Waals surface area contributed by atoms with E-state index in [1.807, 2.05) is 58.9 Å². The smallest absolute Gasteiger partial charge is 0.225 e. The van der Waals surface area contributed by atoms with E-state index in [0.29, 0.717) is 25.9 Å². The van der Waals surface area contributed by atoms with Crippen molar-refractivity contribution in [2.75, 3.05) is 32.6 Å². The molecule has 0 radical (unpaired) electrons. The molecule has 0 saturated carbocycles. The van der Waals surface area contributed by atoms with E-state index in [9.17, 15) is 9.59 Å². The lowest BCUT2D eigenvalue weighted by Gasteiger charge is -2.19. The van der Waals surface area contributed by atoms with Crippen molar-refractivity contribution in [3.05, 3.63) is 29.8 Å². The van der Waals surface area contributed by atoms with E-state index in [-0.39, 0.29) is 17.2 Å². The standard InChI is InChI=1S/C19H31N3O2/c1-19(2,3)18(24)20-13-7-8-17(23)22(6)14-15-9-11-16(12-10-15)21(4)5/h9-12H,7-8,13-14H2,1-6H3,(H,20,24). The number of nitrogens with zero attached hydrogens (tertiary/aromatic N) is 2. The molecule has 2 amide bonds. The second kappa shape index (κ2) is 8.71. The molecule has 0 aliphatic carbocycles. The van der Waals surface area contributed by atoms with Crippen LogP contribution in [0.25, 0.3) is 0 Å². The number of carbonyl (C=O) groups is 2. The fourth-order valence-corrected chi connectivity index (χ4v) is 2.16. The van der Waals surface area contributed by atoms with E-state index < -0.39 is 0 Å². The Balaban J connectivity index is 2.36. The van der Waals surface area contributed by atoms with E-state index in [1.54, 1.807) is 4.90 Å². The molecule has 5 nitrogen and oxygen atoms in total. The van der Waals surface area contributed by atoms with Gasteiger partial charge in [0.2, 0.25) is 11.8 Å². The first-order valence-electron chi connectivity index (χ1n) is 8.40. The van der Waals surface area contributed by atoms with Crippen molar-refractivity contribution in [2.45, 2.75) is 40.2 Å². The van der Waals surface area contributed by atoms with Gasteiger partial charge in [-0.15, -0.1) is 0 Å². The van der Waals surface area contributed by atoms with Crippen LogP contribution in [0.5, 0.6) is 0 Å². The van der Waals surface area contributed by atoms with Gasteiger partial charge in [-0.05, 0) is 24.1 Å². The summed E-state index contributed by atoms with van der Waals surface area (Å²) < 4.78 is 0. The Labute approximate surface area is 146 Å². The third-order valence-corrected chi connectivity index (χ3v) is 3.83. The molecule has 1 rings (SSSR count). The molecule has 0 fully saturated rings. The molecule has 134 valence electrons. The Kier molecular flexibility index (Phi) is 7.26. The summed E-state index contributed by atoms with van der Waals surface area (Å²) in [6.45, 7) is 6.77. The van der Waals surface area contributed by atoms with Crippen LogP contribution in [-0.2, 0) is 16.1 Å². The number of carbonyl (C=O) groups excluding carboxylic acids is 2. The zero-order valence-corrected chi connectivity index (χ0v) is 15.8. The maximum atomic E-state index is 12.2. The molecule has 1 N–H and O–H groups in total. The van der Waals surface area contributed by atoms with E-state index >= 15 is 0 Å².